The molecule has 148 valence electrons. The summed E-state index contributed by atoms with van der Waals surface area (Å²) in [5.41, 5.74) is -1.16. The monoisotopic (exact) mass is 356 g/mol. The third-order valence-electron chi connectivity index (χ3n) is 5.12. The molecule has 0 heterocycles. The maximum Gasteiger partial charge on any atom is 0.323 e. The van der Waals surface area contributed by atoms with Gasteiger partial charge in [0.05, 0.1) is 6.61 Å². The molecule has 0 aliphatic heterocycles. The minimum Gasteiger partial charge on any atom is -0.465 e. The number of ether oxygens (including phenoxy) is 2. The zero-order chi connectivity index (χ0) is 19.3. The molecule has 0 amide bonds. The van der Waals surface area contributed by atoms with E-state index >= 15 is 0 Å². The topological polar surface area (TPSA) is 52.6 Å². The summed E-state index contributed by atoms with van der Waals surface area (Å²) in [4.78, 5) is 25.3. The zero-order valence-corrected chi connectivity index (χ0v) is 17.4. The quantitative estimate of drug-likeness (QED) is 0.228. The van der Waals surface area contributed by atoms with Gasteiger partial charge in [-0.1, -0.05) is 73.6 Å². The zero-order valence-electron chi connectivity index (χ0n) is 17.4. The molecule has 0 rings (SSSR count). The van der Waals surface area contributed by atoms with E-state index < -0.39 is 17.4 Å². The lowest BCUT2D eigenvalue weighted by atomic mass is 9.82. The Bertz CT molecular complexity index is 372. The van der Waals surface area contributed by atoms with Crippen LogP contribution in [-0.2, 0) is 19.1 Å². The van der Waals surface area contributed by atoms with Gasteiger partial charge in [-0.3, -0.25) is 9.59 Å². The van der Waals surface area contributed by atoms with Crippen molar-refractivity contribution < 1.29 is 19.1 Å². The Morgan fingerprint density at radius 2 is 1.40 bits per heavy atom. The van der Waals surface area contributed by atoms with Gasteiger partial charge in [0.25, 0.3) is 0 Å². The van der Waals surface area contributed by atoms with Crippen LogP contribution in [0.1, 0.15) is 99.3 Å². The molecule has 0 saturated carbocycles. The third-order valence-corrected chi connectivity index (χ3v) is 5.12. The number of unbranched alkanes of at least 4 members (excludes halogenated alkanes) is 5. The van der Waals surface area contributed by atoms with E-state index in [-0.39, 0.29) is 12.0 Å². The van der Waals surface area contributed by atoms with Crippen molar-refractivity contribution >= 4 is 11.9 Å². The summed E-state index contributed by atoms with van der Waals surface area (Å²) in [6, 6.07) is 0. The van der Waals surface area contributed by atoms with E-state index in [1.165, 1.54) is 25.7 Å². The van der Waals surface area contributed by atoms with Crippen LogP contribution >= 0.6 is 0 Å². The third kappa shape index (κ3) is 7.79. The molecule has 0 aromatic rings. The van der Waals surface area contributed by atoms with E-state index in [4.69, 9.17) is 9.47 Å². The van der Waals surface area contributed by atoms with Crippen molar-refractivity contribution in [2.24, 2.45) is 11.3 Å². The van der Waals surface area contributed by atoms with Crippen LogP contribution in [0.2, 0.25) is 0 Å². The summed E-state index contributed by atoms with van der Waals surface area (Å²) in [6.45, 7) is 12.3. The fourth-order valence-electron chi connectivity index (χ4n) is 3.04. The van der Waals surface area contributed by atoms with E-state index in [0.29, 0.717) is 19.4 Å². The molecule has 0 saturated heterocycles. The summed E-state index contributed by atoms with van der Waals surface area (Å²) < 4.78 is 11.1. The first kappa shape index (κ1) is 23.9. The van der Waals surface area contributed by atoms with Gasteiger partial charge in [0, 0.05) is 0 Å². The van der Waals surface area contributed by atoms with Gasteiger partial charge < -0.3 is 9.47 Å². The van der Waals surface area contributed by atoms with E-state index in [1.54, 1.807) is 0 Å². The van der Waals surface area contributed by atoms with Gasteiger partial charge in [-0.25, -0.2) is 0 Å². The highest BCUT2D eigenvalue weighted by molar-refractivity contribution is 6.00. The standard InChI is InChI=1S/C21H40O4/c1-7-11-12-13-14-15-16-24-19(22)21(9-3,10-4)20(23)25-18(8-2)17(5)6/h17-18H,7-16H2,1-6H3. The van der Waals surface area contributed by atoms with Gasteiger partial charge in [-0.15, -0.1) is 0 Å². The van der Waals surface area contributed by atoms with Gasteiger partial charge in [-0.2, -0.15) is 0 Å². The van der Waals surface area contributed by atoms with Gasteiger partial charge in [0.1, 0.15) is 6.10 Å². The van der Waals surface area contributed by atoms with E-state index in [2.05, 4.69) is 6.92 Å². The molecule has 0 fully saturated rings. The molecule has 0 aromatic heterocycles. The summed E-state index contributed by atoms with van der Waals surface area (Å²) >= 11 is 0. The molecule has 4 nitrogen and oxygen atoms in total. The van der Waals surface area contributed by atoms with Crippen LogP contribution in [0.15, 0.2) is 0 Å². The molecule has 0 aliphatic carbocycles. The average molecular weight is 357 g/mol. The molecule has 0 radical (unpaired) electrons. The second kappa shape index (κ2) is 13.2. The van der Waals surface area contributed by atoms with Crippen LogP contribution in [-0.4, -0.2) is 24.6 Å². The molecular formula is C21H40O4. The Balaban J connectivity index is 4.61. The van der Waals surface area contributed by atoms with Crippen LogP contribution in [0.25, 0.3) is 0 Å². The number of carbonyl (C=O) groups is 2. The van der Waals surface area contributed by atoms with Gasteiger partial charge in [-0.05, 0) is 31.6 Å². The van der Waals surface area contributed by atoms with Crippen LogP contribution in [0.5, 0.6) is 0 Å². The van der Waals surface area contributed by atoms with Crippen LogP contribution in [0.4, 0.5) is 0 Å². The largest absolute Gasteiger partial charge is 0.465 e. The second-order valence-electron chi connectivity index (χ2n) is 7.29. The maximum atomic E-state index is 12.7. The van der Waals surface area contributed by atoms with Crippen molar-refractivity contribution in [1.82, 2.24) is 0 Å². The highest BCUT2D eigenvalue weighted by atomic mass is 16.6. The molecule has 1 atom stereocenters. The Hall–Kier alpha value is -1.06. The van der Waals surface area contributed by atoms with Crippen molar-refractivity contribution in [1.29, 1.82) is 0 Å². The predicted molar refractivity (Wildman–Crippen MR) is 102 cm³/mol. The molecule has 0 aromatic carbocycles. The number of hydrogen-bond acceptors (Lipinski definition) is 4. The smallest absolute Gasteiger partial charge is 0.323 e. The number of carbonyl (C=O) groups excluding carboxylic acids is 2. The fraction of sp³-hybridized carbons (Fsp3) is 0.905. The lowest BCUT2D eigenvalue weighted by molar-refractivity contribution is -0.178. The first-order valence-corrected chi connectivity index (χ1v) is 10.3. The van der Waals surface area contributed by atoms with Gasteiger partial charge in [0.2, 0.25) is 0 Å². The van der Waals surface area contributed by atoms with E-state index in [9.17, 15) is 9.59 Å². The maximum absolute atomic E-state index is 12.7. The second-order valence-corrected chi connectivity index (χ2v) is 7.29. The number of hydrogen-bond donors (Lipinski definition) is 0. The van der Waals surface area contributed by atoms with Crippen molar-refractivity contribution in [3.63, 3.8) is 0 Å². The van der Waals surface area contributed by atoms with Crippen LogP contribution in [0.3, 0.4) is 0 Å². The highest BCUT2D eigenvalue weighted by Gasteiger charge is 2.46. The normalized spacial score (nSPS) is 12.9. The Kier molecular flexibility index (Phi) is 12.6. The first-order valence-electron chi connectivity index (χ1n) is 10.3. The Morgan fingerprint density at radius 1 is 0.840 bits per heavy atom. The molecule has 0 aliphatic rings. The molecule has 0 spiro atoms. The average Bonchev–Trinajstić information content (AvgIpc) is 2.60. The van der Waals surface area contributed by atoms with Crippen LogP contribution < -0.4 is 0 Å². The van der Waals surface area contributed by atoms with Gasteiger partial charge >= 0.3 is 11.9 Å². The lowest BCUT2D eigenvalue weighted by Crippen LogP contribution is -2.43. The van der Waals surface area contributed by atoms with Crippen molar-refractivity contribution in [3.05, 3.63) is 0 Å². The minimum absolute atomic E-state index is 0.156. The number of rotatable bonds is 14. The van der Waals surface area contributed by atoms with E-state index in [0.717, 1.165) is 19.3 Å². The van der Waals surface area contributed by atoms with Crippen molar-refractivity contribution in [2.75, 3.05) is 6.61 Å². The summed E-state index contributed by atoms with van der Waals surface area (Å²) in [6.07, 6.45) is 8.22. The predicted octanol–water partition coefficient (Wildman–Crippen LogP) is 5.67. The molecule has 0 N–H and O–H groups in total. The molecule has 4 heteroatoms. The van der Waals surface area contributed by atoms with E-state index in [1.807, 2.05) is 34.6 Å². The molecule has 1 unspecified atom stereocenters. The molecular weight excluding hydrogens is 316 g/mol. The Labute approximate surface area is 155 Å². The summed E-state index contributed by atoms with van der Waals surface area (Å²) in [5, 5.41) is 0. The molecule has 25 heavy (non-hydrogen) atoms. The summed E-state index contributed by atoms with van der Waals surface area (Å²) in [7, 11) is 0. The summed E-state index contributed by atoms with van der Waals surface area (Å²) in [5.74, 6) is -0.611. The fourth-order valence-corrected chi connectivity index (χ4v) is 3.04. The minimum atomic E-state index is -1.16. The first-order chi connectivity index (χ1) is 11.9. The number of esters is 2. The highest BCUT2D eigenvalue weighted by Crippen LogP contribution is 2.31. The molecule has 0 bridgehead atoms. The Morgan fingerprint density at radius 3 is 1.88 bits per heavy atom. The SMILES string of the molecule is CCCCCCCCOC(=O)C(CC)(CC)C(=O)OC(CC)C(C)C. The van der Waals surface area contributed by atoms with Crippen molar-refractivity contribution in [3.8, 4) is 0 Å². The lowest BCUT2D eigenvalue weighted by Gasteiger charge is -2.30. The van der Waals surface area contributed by atoms with Gasteiger partial charge in [0.15, 0.2) is 5.41 Å². The van der Waals surface area contributed by atoms with Crippen molar-refractivity contribution in [2.45, 2.75) is 105 Å². The van der Waals surface area contributed by atoms with Crippen LogP contribution in [0, 0.1) is 11.3 Å².